The number of nitrogens with zero attached hydrogens (tertiary/aromatic N) is 1. The average Bonchev–Trinajstić information content (AvgIpc) is 2.46. The molecule has 0 spiro atoms. The first kappa shape index (κ1) is 23.8. The Morgan fingerprint density at radius 3 is 2.28 bits per heavy atom. The molecule has 0 saturated heterocycles. The largest absolute Gasteiger partial charge is 0.479 e. The zero-order valence-electron chi connectivity index (χ0n) is 15.5. The summed E-state index contributed by atoms with van der Waals surface area (Å²) in [6.45, 7) is 4.90. The molecule has 1 amide bonds. The van der Waals surface area contributed by atoms with Crippen molar-refractivity contribution >= 4 is 22.0 Å². The highest BCUT2D eigenvalue weighted by molar-refractivity contribution is 7.86. The van der Waals surface area contributed by atoms with Crippen molar-refractivity contribution in [2.24, 2.45) is 5.41 Å². The van der Waals surface area contributed by atoms with Crippen molar-refractivity contribution in [3.8, 4) is 0 Å². The second-order valence-corrected chi connectivity index (χ2v) is 8.55. The predicted molar refractivity (Wildman–Crippen MR) is 92.6 cm³/mol. The van der Waals surface area contributed by atoms with Gasteiger partial charge in [0.05, 0.1) is 11.9 Å². The van der Waals surface area contributed by atoms with Crippen LogP contribution in [0.4, 0.5) is 0 Å². The molecule has 0 saturated carbocycles. The van der Waals surface area contributed by atoms with Gasteiger partial charge in [0.15, 0.2) is 6.10 Å². The standard InChI is InChI=1S/C15H30N2O7S/c1-11(18)16-8-6-10-25(22,23)24-12(7-9-17(4)5)15(2,3)13(19)14(20)21/h12-13,19H,6-10H2,1-5H3,(H,16,18)(H,20,21)/t12?,13-/m0/s1. The van der Waals surface area contributed by atoms with E-state index in [1.807, 2.05) is 4.90 Å². The summed E-state index contributed by atoms with van der Waals surface area (Å²) in [5.74, 6) is -2.01. The number of carboxylic acids is 1. The average molecular weight is 382 g/mol. The lowest BCUT2D eigenvalue weighted by atomic mass is 9.79. The molecule has 0 aliphatic carbocycles. The molecule has 148 valence electrons. The number of aliphatic hydroxyl groups excluding tert-OH is 1. The van der Waals surface area contributed by atoms with Crippen LogP contribution in [-0.2, 0) is 23.9 Å². The third kappa shape index (κ3) is 9.15. The van der Waals surface area contributed by atoms with Crippen LogP contribution in [0.1, 0.15) is 33.6 Å². The van der Waals surface area contributed by atoms with E-state index in [0.717, 1.165) is 0 Å². The first-order chi connectivity index (χ1) is 11.3. The van der Waals surface area contributed by atoms with Crippen molar-refractivity contribution in [3.05, 3.63) is 0 Å². The van der Waals surface area contributed by atoms with Crippen molar-refractivity contribution in [1.29, 1.82) is 0 Å². The molecule has 0 aliphatic heterocycles. The number of amides is 1. The Morgan fingerprint density at radius 2 is 1.84 bits per heavy atom. The Balaban J connectivity index is 5.09. The molecule has 0 fully saturated rings. The van der Waals surface area contributed by atoms with Crippen LogP contribution < -0.4 is 5.32 Å². The summed E-state index contributed by atoms with van der Waals surface area (Å²) >= 11 is 0. The molecule has 25 heavy (non-hydrogen) atoms. The first-order valence-corrected chi connectivity index (χ1v) is 9.58. The SMILES string of the molecule is CC(=O)NCCCS(=O)(=O)OC(CCN(C)C)C(C)(C)[C@@H](O)C(=O)O. The minimum absolute atomic E-state index is 0.171. The third-order valence-electron chi connectivity index (χ3n) is 3.81. The second kappa shape index (κ2) is 10.0. The van der Waals surface area contributed by atoms with Crippen LogP contribution in [-0.4, -0.2) is 80.6 Å². The van der Waals surface area contributed by atoms with E-state index in [2.05, 4.69) is 5.32 Å². The van der Waals surface area contributed by atoms with E-state index in [9.17, 15) is 23.1 Å². The molecular weight excluding hydrogens is 352 g/mol. The summed E-state index contributed by atoms with van der Waals surface area (Å²) < 4.78 is 29.6. The number of rotatable bonds is 12. The minimum atomic E-state index is -3.94. The molecule has 2 atom stereocenters. The van der Waals surface area contributed by atoms with E-state index in [-0.39, 0.29) is 31.0 Å². The predicted octanol–water partition coefficient (Wildman–Crippen LogP) is -0.349. The Bertz CT molecular complexity index is 546. The van der Waals surface area contributed by atoms with Crippen molar-refractivity contribution in [1.82, 2.24) is 10.2 Å². The van der Waals surface area contributed by atoms with E-state index in [1.54, 1.807) is 14.1 Å². The summed E-state index contributed by atoms with van der Waals surface area (Å²) in [6.07, 6.45) is -2.37. The molecule has 0 bridgehead atoms. The van der Waals surface area contributed by atoms with Crippen molar-refractivity contribution in [3.63, 3.8) is 0 Å². The molecule has 10 heteroatoms. The monoisotopic (exact) mass is 382 g/mol. The molecule has 0 aromatic heterocycles. The lowest BCUT2D eigenvalue weighted by molar-refractivity contribution is -0.158. The lowest BCUT2D eigenvalue weighted by Crippen LogP contribution is -2.48. The number of aliphatic carboxylic acids is 1. The van der Waals surface area contributed by atoms with Gasteiger partial charge in [-0.05, 0) is 26.9 Å². The molecule has 3 N–H and O–H groups in total. The van der Waals surface area contributed by atoms with E-state index in [1.165, 1.54) is 20.8 Å². The number of hydrogen-bond acceptors (Lipinski definition) is 7. The molecule has 0 aromatic rings. The van der Waals surface area contributed by atoms with Gasteiger partial charge in [-0.1, -0.05) is 13.8 Å². The Labute approximate surface area is 149 Å². The number of carbonyl (C=O) groups excluding carboxylic acids is 1. The van der Waals surface area contributed by atoms with E-state index in [4.69, 9.17) is 9.29 Å². The van der Waals surface area contributed by atoms with Gasteiger partial charge >= 0.3 is 5.97 Å². The Hall–Kier alpha value is -1.23. The number of nitrogens with one attached hydrogen (secondary N) is 1. The van der Waals surface area contributed by atoms with Crippen molar-refractivity contribution < 1.29 is 32.4 Å². The fraction of sp³-hybridized carbons (Fsp3) is 0.867. The number of hydrogen-bond donors (Lipinski definition) is 3. The third-order valence-corrected chi connectivity index (χ3v) is 5.13. The molecular formula is C15H30N2O7S. The van der Waals surface area contributed by atoms with Gasteiger partial charge in [-0.3, -0.25) is 8.98 Å². The van der Waals surface area contributed by atoms with Gasteiger partial charge in [-0.15, -0.1) is 0 Å². The van der Waals surface area contributed by atoms with Crippen LogP contribution in [0.3, 0.4) is 0 Å². The highest BCUT2D eigenvalue weighted by atomic mass is 32.2. The van der Waals surface area contributed by atoms with Gasteiger partial charge in [-0.25, -0.2) is 4.79 Å². The summed E-state index contributed by atoms with van der Waals surface area (Å²) in [7, 11) is -0.360. The molecule has 1 unspecified atom stereocenters. The molecule has 0 heterocycles. The van der Waals surface area contributed by atoms with Crippen molar-refractivity contribution in [2.75, 3.05) is 32.9 Å². The number of carbonyl (C=O) groups is 2. The van der Waals surface area contributed by atoms with E-state index < -0.39 is 33.7 Å². The molecule has 0 rings (SSSR count). The fourth-order valence-corrected chi connectivity index (χ4v) is 3.44. The highest BCUT2D eigenvalue weighted by Crippen LogP contribution is 2.32. The summed E-state index contributed by atoms with van der Waals surface area (Å²) in [6, 6.07) is 0. The number of aliphatic hydroxyl groups is 1. The first-order valence-electron chi connectivity index (χ1n) is 8.00. The normalized spacial score (nSPS) is 15.0. The maximum absolute atomic E-state index is 12.2. The highest BCUT2D eigenvalue weighted by Gasteiger charge is 2.43. The minimum Gasteiger partial charge on any atom is -0.479 e. The van der Waals surface area contributed by atoms with Gasteiger partial charge in [0, 0.05) is 25.4 Å². The maximum Gasteiger partial charge on any atom is 0.333 e. The zero-order valence-corrected chi connectivity index (χ0v) is 16.3. The van der Waals surface area contributed by atoms with E-state index >= 15 is 0 Å². The zero-order chi connectivity index (χ0) is 19.8. The topological polar surface area (TPSA) is 133 Å². The smallest absolute Gasteiger partial charge is 0.333 e. The van der Waals surface area contributed by atoms with Crippen LogP contribution >= 0.6 is 0 Å². The molecule has 9 nitrogen and oxygen atoms in total. The van der Waals surface area contributed by atoms with Crippen LogP contribution in [0.2, 0.25) is 0 Å². The van der Waals surface area contributed by atoms with Crippen LogP contribution in [0.5, 0.6) is 0 Å². The van der Waals surface area contributed by atoms with Gasteiger partial charge in [0.25, 0.3) is 10.1 Å². The van der Waals surface area contributed by atoms with Gasteiger partial charge in [0.2, 0.25) is 5.91 Å². The maximum atomic E-state index is 12.2. The Kier molecular flexibility index (Phi) is 9.55. The summed E-state index contributed by atoms with van der Waals surface area (Å²) in [5, 5.41) is 21.5. The summed E-state index contributed by atoms with van der Waals surface area (Å²) in [5.41, 5.74) is -1.31. The van der Waals surface area contributed by atoms with Crippen LogP contribution in [0.15, 0.2) is 0 Å². The quantitative estimate of drug-likeness (QED) is 0.308. The lowest BCUT2D eigenvalue weighted by Gasteiger charge is -2.36. The number of carboxylic acid groups (broad SMARTS) is 1. The fourth-order valence-electron chi connectivity index (χ4n) is 2.15. The van der Waals surface area contributed by atoms with Gasteiger partial charge in [-0.2, -0.15) is 8.42 Å². The molecule has 0 aromatic carbocycles. The Morgan fingerprint density at radius 1 is 1.28 bits per heavy atom. The van der Waals surface area contributed by atoms with Gasteiger partial charge < -0.3 is 20.4 Å². The van der Waals surface area contributed by atoms with Crippen molar-refractivity contribution in [2.45, 2.75) is 45.8 Å². The molecule has 0 radical (unpaired) electrons. The van der Waals surface area contributed by atoms with Gasteiger partial charge in [0.1, 0.15) is 0 Å². The molecule has 0 aliphatic rings. The summed E-state index contributed by atoms with van der Waals surface area (Å²) in [4.78, 5) is 23.7. The van der Waals surface area contributed by atoms with E-state index in [0.29, 0.717) is 6.54 Å². The second-order valence-electron chi connectivity index (χ2n) is 6.84. The van der Waals surface area contributed by atoms with Crippen LogP contribution in [0, 0.1) is 5.41 Å². The van der Waals surface area contributed by atoms with Crippen LogP contribution in [0.25, 0.3) is 0 Å².